The number of hydrogen-bond donors (Lipinski definition) is 2. The molecule has 8 nitrogen and oxygen atoms in total. The van der Waals surface area contributed by atoms with Gasteiger partial charge in [0.1, 0.15) is 0 Å². The molecule has 3 heterocycles. The number of nitrogens with one attached hydrogen (secondary N) is 1. The number of aliphatic imine (C=N–C) groups is 2. The maximum atomic E-state index is 6.50. The maximum Gasteiger partial charge on any atom is 0.253 e. The van der Waals surface area contributed by atoms with Gasteiger partial charge >= 0.3 is 0 Å². The van der Waals surface area contributed by atoms with E-state index in [0.717, 1.165) is 67.8 Å². The zero-order chi connectivity index (χ0) is 23.4. The molecule has 1 saturated carbocycles. The molecule has 34 heavy (non-hydrogen) atoms. The summed E-state index contributed by atoms with van der Waals surface area (Å²) in [5.74, 6) is 1.18. The molecular formula is C26H31N7O. The lowest BCUT2D eigenvalue weighted by Gasteiger charge is -2.39. The van der Waals surface area contributed by atoms with Crippen LogP contribution in [0.25, 0.3) is 5.57 Å². The molecule has 1 aliphatic carbocycles. The summed E-state index contributed by atoms with van der Waals surface area (Å²) in [6.45, 7) is 7.02. The number of allylic oxidation sites excluding steroid dienone is 4. The van der Waals surface area contributed by atoms with Crippen LogP contribution in [0.15, 0.2) is 88.1 Å². The molecule has 0 atom stereocenters. The highest BCUT2D eigenvalue weighted by molar-refractivity contribution is 6.33. The van der Waals surface area contributed by atoms with Crippen molar-refractivity contribution in [3.63, 3.8) is 0 Å². The van der Waals surface area contributed by atoms with Crippen molar-refractivity contribution < 1.29 is 4.74 Å². The van der Waals surface area contributed by atoms with E-state index in [1.54, 1.807) is 5.01 Å². The van der Waals surface area contributed by atoms with Gasteiger partial charge < -0.3 is 15.4 Å². The van der Waals surface area contributed by atoms with Gasteiger partial charge in [-0.1, -0.05) is 55.1 Å². The van der Waals surface area contributed by atoms with Crippen LogP contribution in [0.5, 0.6) is 0 Å². The first-order chi connectivity index (χ1) is 16.7. The Hall–Kier alpha value is -3.49. The van der Waals surface area contributed by atoms with Gasteiger partial charge in [0.25, 0.3) is 5.96 Å². The van der Waals surface area contributed by atoms with Crippen molar-refractivity contribution in [2.45, 2.75) is 31.2 Å². The number of hydrogen-bond acceptors (Lipinski definition) is 8. The summed E-state index contributed by atoms with van der Waals surface area (Å²) in [6, 6.07) is 10.2. The van der Waals surface area contributed by atoms with Crippen LogP contribution in [0.2, 0.25) is 0 Å². The Morgan fingerprint density at radius 3 is 2.71 bits per heavy atom. The van der Waals surface area contributed by atoms with E-state index >= 15 is 0 Å². The topological polar surface area (TPSA) is 90.8 Å². The van der Waals surface area contributed by atoms with Gasteiger partial charge in [-0.3, -0.25) is 0 Å². The molecule has 1 aromatic carbocycles. The fourth-order valence-corrected chi connectivity index (χ4v) is 4.42. The molecule has 0 spiro atoms. The van der Waals surface area contributed by atoms with E-state index < -0.39 is 0 Å². The molecule has 5 rings (SSSR count). The van der Waals surface area contributed by atoms with Crippen LogP contribution in [0, 0.1) is 0 Å². The summed E-state index contributed by atoms with van der Waals surface area (Å²) in [6.07, 6.45) is 14.0. The first-order valence-electron chi connectivity index (χ1n) is 11.9. The molecule has 176 valence electrons. The Kier molecular flexibility index (Phi) is 6.42. The Labute approximate surface area is 200 Å². The number of fused-ring (bicyclic) bond motifs is 1. The van der Waals surface area contributed by atoms with Crippen LogP contribution in [0.4, 0.5) is 0 Å². The Morgan fingerprint density at radius 1 is 1.09 bits per heavy atom. The summed E-state index contributed by atoms with van der Waals surface area (Å²) >= 11 is 0. The highest BCUT2D eigenvalue weighted by atomic mass is 16.5. The molecule has 1 aromatic rings. The number of benzene rings is 1. The van der Waals surface area contributed by atoms with Crippen LogP contribution in [-0.4, -0.2) is 59.4 Å². The number of nitrogens with zero attached hydrogens (tertiary/aromatic N) is 5. The number of hydrazine groups is 1. The van der Waals surface area contributed by atoms with Crippen molar-refractivity contribution in [3.05, 3.63) is 78.6 Å². The van der Waals surface area contributed by atoms with Gasteiger partial charge in [-0.25, -0.2) is 15.5 Å². The average Bonchev–Trinajstić information content (AvgIpc) is 3.15. The standard InChI is InChI=1S/C26H31N7O/c1-2-21(26(27)13-7-14-26)11-6-12-23-22(20-9-4-3-5-10-20)19-33-24(28-23)29-25(30-31-33)32-15-8-17-34-18-16-32/h2-6,9-12,19,31H,1,7-8,13-18,27H2/b12-6+,21-11+. The molecule has 0 bridgehead atoms. The number of guanidine groups is 2. The first kappa shape index (κ1) is 22.3. The maximum absolute atomic E-state index is 6.50. The number of rotatable bonds is 5. The van der Waals surface area contributed by atoms with Crippen LogP contribution >= 0.6 is 0 Å². The third-order valence-corrected chi connectivity index (χ3v) is 6.59. The van der Waals surface area contributed by atoms with Gasteiger partial charge in [-0.2, -0.15) is 4.99 Å². The van der Waals surface area contributed by atoms with E-state index in [4.69, 9.17) is 20.5 Å². The second-order valence-electron chi connectivity index (χ2n) is 8.85. The monoisotopic (exact) mass is 457 g/mol. The molecule has 2 fully saturated rings. The van der Waals surface area contributed by atoms with Crippen LogP contribution in [0.1, 0.15) is 31.2 Å². The average molecular weight is 458 g/mol. The van der Waals surface area contributed by atoms with Crippen LogP contribution < -0.4 is 11.3 Å². The quantitative estimate of drug-likeness (QED) is 0.663. The molecule has 0 aromatic heterocycles. The van der Waals surface area contributed by atoms with Crippen molar-refractivity contribution >= 4 is 23.2 Å². The van der Waals surface area contributed by atoms with Crippen molar-refractivity contribution in [2.75, 3.05) is 26.3 Å². The minimum absolute atomic E-state index is 0.255. The SMILES string of the molecule is C=C/C(=C\C=C\C1=NC2=NC(N3CCCOCC3)=NNN2C=C1c1ccccc1)C1(N)CCC1. The predicted octanol–water partition coefficient (Wildman–Crippen LogP) is 3.20. The Bertz CT molecular complexity index is 1100. The third-order valence-electron chi connectivity index (χ3n) is 6.59. The fourth-order valence-electron chi connectivity index (χ4n) is 4.42. The summed E-state index contributed by atoms with van der Waals surface area (Å²) < 4.78 is 5.57. The molecule has 8 heteroatoms. The van der Waals surface area contributed by atoms with E-state index in [-0.39, 0.29) is 5.54 Å². The predicted molar refractivity (Wildman–Crippen MR) is 137 cm³/mol. The third kappa shape index (κ3) is 4.60. The lowest BCUT2D eigenvalue weighted by atomic mass is 9.72. The second kappa shape index (κ2) is 9.79. The van der Waals surface area contributed by atoms with Gasteiger partial charge in [0.15, 0.2) is 0 Å². The minimum Gasteiger partial charge on any atom is -0.380 e. The minimum atomic E-state index is -0.255. The summed E-state index contributed by atoms with van der Waals surface area (Å²) in [5.41, 5.74) is 13.3. The molecule has 4 aliphatic rings. The molecule has 0 radical (unpaired) electrons. The van der Waals surface area contributed by atoms with E-state index in [1.165, 1.54) is 0 Å². The van der Waals surface area contributed by atoms with Gasteiger partial charge in [0.2, 0.25) is 5.96 Å². The zero-order valence-electron chi connectivity index (χ0n) is 19.4. The summed E-state index contributed by atoms with van der Waals surface area (Å²) in [4.78, 5) is 11.8. The van der Waals surface area contributed by atoms with Gasteiger partial charge in [-0.15, -0.1) is 5.10 Å². The van der Waals surface area contributed by atoms with E-state index in [1.807, 2.05) is 42.6 Å². The normalized spacial score (nSPS) is 22.4. The van der Waals surface area contributed by atoms with Crippen molar-refractivity contribution in [3.8, 4) is 0 Å². The fraction of sp³-hybridized carbons (Fsp3) is 0.346. The zero-order valence-corrected chi connectivity index (χ0v) is 19.4. The smallest absolute Gasteiger partial charge is 0.253 e. The molecule has 1 saturated heterocycles. The molecule has 0 unspecified atom stereocenters. The highest BCUT2D eigenvalue weighted by Crippen LogP contribution is 2.36. The lowest BCUT2D eigenvalue weighted by molar-refractivity contribution is 0.147. The van der Waals surface area contributed by atoms with Crippen LogP contribution in [-0.2, 0) is 4.74 Å². The second-order valence-corrected chi connectivity index (χ2v) is 8.85. The van der Waals surface area contributed by atoms with Crippen molar-refractivity contribution in [1.82, 2.24) is 15.4 Å². The molecule has 0 amide bonds. The molecule has 3 N–H and O–H groups in total. The van der Waals surface area contributed by atoms with E-state index in [9.17, 15) is 0 Å². The molecule has 3 aliphatic heterocycles. The summed E-state index contributed by atoms with van der Waals surface area (Å²) in [7, 11) is 0. The first-order valence-corrected chi connectivity index (χ1v) is 11.9. The Balaban J connectivity index is 1.45. The Morgan fingerprint density at radius 2 is 1.94 bits per heavy atom. The van der Waals surface area contributed by atoms with Gasteiger partial charge in [-0.05, 0) is 42.9 Å². The van der Waals surface area contributed by atoms with E-state index in [0.29, 0.717) is 18.5 Å². The van der Waals surface area contributed by atoms with Gasteiger partial charge in [0, 0.05) is 37.0 Å². The number of nitrogens with two attached hydrogens (primary N) is 1. The lowest BCUT2D eigenvalue weighted by Crippen LogP contribution is -2.47. The number of ether oxygens (including phenoxy) is 1. The van der Waals surface area contributed by atoms with Crippen molar-refractivity contribution in [2.24, 2.45) is 20.8 Å². The van der Waals surface area contributed by atoms with Crippen molar-refractivity contribution in [1.29, 1.82) is 0 Å². The van der Waals surface area contributed by atoms with Crippen LogP contribution in [0.3, 0.4) is 0 Å². The summed E-state index contributed by atoms with van der Waals surface area (Å²) in [5, 5.41) is 6.24. The largest absolute Gasteiger partial charge is 0.380 e. The number of hydrazone groups is 1. The molecular weight excluding hydrogens is 426 g/mol. The van der Waals surface area contributed by atoms with E-state index in [2.05, 4.69) is 40.3 Å². The highest BCUT2D eigenvalue weighted by Gasteiger charge is 2.34. The van der Waals surface area contributed by atoms with Gasteiger partial charge in [0.05, 0.1) is 12.3 Å².